The minimum Gasteiger partial charge on any atom is -0.478 e. The second kappa shape index (κ2) is 1.84. The molecule has 2 nitrogen and oxygen atoms in total. The molecule has 1 aliphatic carbocycles. The molecule has 0 fully saturated rings. The van der Waals surface area contributed by atoms with Gasteiger partial charge >= 0.3 is 5.97 Å². The van der Waals surface area contributed by atoms with E-state index in [-0.39, 0.29) is 0 Å². The van der Waals surface area contributed by atoms with E-state index in [0.717, 1.165) is 12.0 Å². The number of carboxylic acid groups (broad SMARTS) is 1. The molecule has 0 spiro atoms. The number of carbonyl (C=O) groups is 1. The largest absolute Gasteiger partial charge is 0.478 e. The van der Waals surface area contributed by atoms with E-state index in [1.165, 1.54) is 11.1 Å². The Labute approximate surface area is 64.5 Å². The molecule has 0 amide bonds. The highest BCUT2D eigenvalue weighted by atomic mass is 16.4. The van der Waals surface area contributed by atoms with Crippen LogP contribution in [0.25, 0.3) is 0 Å². The van der Waals surface area contributed by atoms with Crippen molar-refractivity contribution in [2.24, 2.45) is 0 Å². The molecule has 0 unspecified atom stereocenters. The lowest BCUT2D eigenvalue weighted by Gasteiger charge is -1.96. The number of hydrogen-bond acceptors (Lipinski definition) is 1. The van der Waals surface area contributed by atoms with Crippen LogP contribution >= 0.6 is 0 Å². The van der Waals surface area contributed by atoms with Gasteiger partial charge in [0, 0.05) is 0 Å². The van der Waals surface area contributed by atoms with Crippen LogP contribution in [-0.2, 0) is 6.42 Å². The van der Waals surface area contributed by atoms with Gasteiger partial charge in [-0.1, -0.05) is 6.07 Å². The van der Waals surface area contributed by atoms with E-state index in [0.29, 0.717) is 5.56 Å². The molecule has 0 heterocycles. The fraction of sp³-hybridized carbons (Fsp3) is 0.222. The van der Waals surface area contributed by atoms with Crippen LogP contribution in [0.4, 0.5) is 0 Å². The zero-order chi connectivity index (χ0) is 8.01. The van der Waals surface area contributed by atoms with Gasteiger partial charge in [0.1, 0.15) is 0 Å². The molecule has 1 N–H and O–H groups in total. The molecule has 1 aromatic rings. The second-order valence-corrected chi connectivity index (χ2v) is 2.86. The molecule has 2 heteroatoms. The average Bonchev–Trinajstić information content (AvgIpc) is 2.66. The van der Waals surface area contributed by atoms with E-state index in [9.17, 15) is 4.79 Å². The summed E-state index contributed by atoms with van der Waals surface area (Å²) in [4.78, 5) is 10.6. The molecular formula is C9H8O2. The van der Waals surface area contributed by atoms with E-state index in [1.807, 2.05) is 13.0 Å². The van der Waals surface area contributed by atoms with Crippen molar-refractivity contribution in [1.29, 1.82) is 0 Å². The van der Waals surface area contributed by atoms with E-state index in [4.69, 9.17) is 5.11 Å². The third-order valence-corrected chi connectivity index (χ3v) is 2.17. The Balaban J connectivity index is 2.59. The molecule has 0 saturated heterocycles. The van der Waals surface area contributed by atoms with Crippen molar-refractivity contribution in [2.75, 3.05) is 0 Å². The number of fused-ring (bicyclic) bond motifs is 1. The normalized spacial score (nSPS) is 12.5. The maximum absolute atomic E-state index is 10.6. The van der Waals surface area contributed by atoms with Crippen molar-refractivity contribution < 1.29 is 9.90 Å². The predicted octanol–water partition coefficient (Wildman–Crippen LogP) is 1.60. The molecular weight excluding hydrogens is 140 g/mol. The zero-order valence-electron chi connectivity index (χ0n) is 6.22. The van der Waals surface area contributed by atoms with Gasteiger partial charge in [0.05, 0.1) is 5.56 Å². The van der Waals surface area contributed by atoms with E-state index >= 15 is 0 Å². The van der Waals surface area contributed by atoms with Gasteiger partial charge in [-0.2, -0.15) is 0 Å². The standard InChI is InChI=1S/C9H8O2/c1-5-7(9(10)11)3-2-6-4-8(5)6/h2-3H,4H2,1H3,(H,10,11). The summed E-state index contributed by atoms with van der Waals surface area (Å²) in [5.74, 6) is -0.822. The molecule has 0 bridgehead atoms. The van der Waals surface area contributed by atoms with Gasteiger partial charge in [0.2, 0.25) is 0 Å². The van der Waals surface area contributed by atoms with Gasteiger partial charge in [0.15, 0.2) is 0 Å². The molecule has 1 aliphatic rings. The van der Waals surface area contributed by atoms with Gasteiger partial charge in [0.25, 0.3) is 0 Å². The predicted molar refractivity (Wildman–Crippen MR) is 40.9 cm³/mol. The number of aromatic carboxylic acids is 1. The first-order chi connectivity index (χ1) is 5.20. The first-order valence-corrected chi connectivity index (χ1v) is 3.55. The molecule has 2 rings (SSSR count). The van der Waals surface area contributed by atoms with Crippen molar-refractivity contribution in [3.8, 4) is 0 Å². The summed E-state index contributed by atoms with van der Waals surface area (Å²) in [5, 5.41) is 8.71. The first-order valence-electron chi connectivity index (χ1n) is 3.55. The molecule has 0 aromatic heterocycles. The van der Waals surface area contributed by atoms with E-state index in [2.05, 4.69) is 0 Å². The van der Waals surface area contributed by atoms with Crippen LogP contribution in [0.3, 0.4) is 0 Å². The molecule has 0 atom stereocenters. The Hall–Kier alpha value is -1.31. The number of rotatable bonds is 1. The molecule has 11 heavy (non-hydrogen) atoms. The van der Waals surface area contributed by atoms with Crippen LogP contribution in [0, 0.1) is 6.92 Å². The lowest BCUT2D eigenvalue weighted by molar-refractivity contribution is 0.0696. The van der Waals surface area contributed by atoms with Crippen LogP contribution in [0.2, 0.25) is 0 Å². The Kier molecular flexibility index (Phi) is 1.07. The fourth-order valence-electron chi connectivity index (χ4n) is 1.38. The van der Waals surface area contributed by atoms with Crippen LogP contribution < -0.4 is 0 Å². The number of hydrogen-bond donors (Lipinski definition) is 1. The molecule has 56 valence electrons. The molecule has 1 aromatic carbocycles. The topological polar surface area (TPSA) is 37.3 Å². The van der Waals surface area contributed by atoms with Gasteiger partial charge < -0.3 is 5.11 Å². The lowest BCUT2D eigenvalue weighted by atomic mass is 10.1. The number of carboxylic acids is 1. The third-order valence-electron chi connectivity index (χ3n) is 2.17. The molecule has 0 saturated carbocycles. The Morgan fingerprint density at radius 2 is 2.27 bits per heavy atom. The van der Waals surface area contributed by atoms with Gasteiger partial charge in [-0.05, 0) is 36.1 Å². The van der Waals surface area contributed by atoms with Crippen LogP contribution in [0.5, 0.6) is 0 Å². The Morgan fingerprint density at radius 1 is 1.55 bits per heavy atom. The smallest absolute Gasteiger partial charge is 0.335 e. The fourth-order valence-corrected chi connectivity index (χ4v) is 1.38. The highest BCUT2D eigenvalue weighted by Crippen LogP contribution is 2.32. The van der Waals surface area contributed by atoms with Crippen molar-refractivity contribution >= 4 is 5.97 Å². The SMILES string of the molecule is Cc1c(C(=O)O)ccc2c1C2. The van der Waals surface area contributed by atoms with Crippen LogP contribution in [-0.4, -0.2) is 11.1 Å². The second-order valence-electron chi connectivity index (χ2n) is 2.86. The summed E-state index contributed by atoms with van der Waals surface area (Å²) in [6.07, 6.45) is 0.985. The van der Waals surface area contributed by atoms with Gasteiger partial charge in [-0.3, -0.25) is 0 Å². The summed E-state index contributed by atoms with van der Waals surface area (Å²) in [6, 6.07) is 3.58. The minimum atomic E-state index is -0.822. The van der Waals surface area contributed by atoms with Crippen molar-refractivity contribution in [2.45, 2.75) is 13.3 Å². The van der Waals surface area contributed by atoms with Gasteiger partial charge in [-0.15, -0.1) is 0 Å². The summed E-state index contributed by atoms with van der Waals surface area (Å²) in [6.45, 7) is 1.87. The van der Waals surface area contributed by atoms with E-state index < -0.39 is 5.97 Å². The van der Waals surface area contributed by atoms with E-state index in [1.54, 1.807) is 6.07 Å². The summed E-state index contributed by atoms with van der Waals surface area (Å²) in [5.41, 5.74) is 3.91. The van der Waals surface area contributed by atoms with Crippen LogP contribution in [0.1, 0.15) is 27.0 Å². The van der Waals surface area contributed by atoms with Crippen molar-refractivity contribution in [1.82, 2.24) is 0 Å². The summed E-state index contributed by atoms with van der Waals surface area (Å²) in [7, 11) is 0. The average molecular weight is 148 g/mol. The van der Waals surface area contributed by atoms with Crippen LogP contribution in [0.15, 0.2) is 12.1 Å². The monoisotopic (exact) mass is 148 g/mol. The maximum Gasteiger partial charge on any atom is 0.335 e. The van der Waals surface area contributed by atoms with Crippen molar-refractivity contribution in [3.63, 3.8) is 0 Å². The van der Waals surface area contributed by atoms with Gasteiger partial charge in [-0.25, -0.2) is 4.79 Å². The zero-order valence-corrected chi connectivity index (χ0v) is 6.22. The Morgan fingerprint density at radius 3 is 2.91 bits per heavy atom. The van der Waals surface area contributed by atoms with Crippen molar-refractivity contribution in [3.05, 3.63) is 34.4 Å². The number of benzene rings is 1. The summed E-state index contributed by atoms with van der Waals surface area (Å²) >= 11 is 0. The molecule has 0 aliphatic heterocycles. The molecule has 0 radical (unpaired) electrons. The highest BCUT2D eigenvalue weighted by Gasteiger charge is 2.22. The summed E-state index contributed by atoms with van der Waals surface area (Å²) < 4.78 is 0. The highest BCUT2D eigenvalue weighted by molar-refractivity contribution is 5.90. The third kappa shape index (κ3) is 0.827. The maximum atomic E-state index is 10.6. The Bertz CT molecular complexity index is 340. The lowest BCUT2D eigenvalue weighted by Crippen LogP contribution is -1.98. The minimum absolute atomic E-state index is 0.446. The first kappa shape index (κ1) is 6.40. The quantitative estimate of drug-likeness (QED) is 0.666.